The first kappa shape index (κ1) is 43.0. The van der Waals surface area contributed by atoms with Crippen LogP contribution < -0.4 is 16.0 Å². The van der Waals surface area contributed by atoms with Crippen LogP contribution in [0.4, 0.5) is 0 Å². The molecule has 0 aliphatic heterocycles. The first-order valence-corrected chi connectivity index (χ1v) is 18.4. The Morgan fingerprint density at radius 1 is 0.600 bits per heavy atom. The zero-order chi connectivity index (χ0) is 34.1. The summed E-state index contributed by atoms with van der Waals surface area (Å²) >= 11 is 0. The predicted molar refractivity (Wildman–Crippen MR) is 186 cm³/mol. The van der Waals surface area contributed by atoms with Crippen molar-refractivity contribution in [2.75, 3.05) is 6.54 Å². The quantitative estimate of drug-likeness (QED) is 0.0588. The summed E-state index contributed by atoms with van der Waals surface area (Å²) in [6.07, 6.45) is 20.3. The first-order valence-electron chi connectivity index (χ1n) is 18.4. The van der Waals surface area contributed by atoms with Crippen LogP contribution in [0.2, 0.25) is 0 Å². The third-order valence-electron chi connectivity index (χ3n) is 9.36. The number of hydrogen-bond donors (Lipinski definition) is 4. The predicted octanol–water partition coefficient (Wildman–Crippen LogP) is 8.26. The van der Waals surface area contributed by atoms with Gasteiger partial charge in [0, 0.05) is 30.3 Å². The van der Waals surface area contributed by atoms with E-state index in [1.807, 2.05) is 20.8 Å². The number of nitrogens with one attached hydrogen (secondary N) is 3. The Morgan fingerprint density at radius 2 is 1.13 bits per heavy atom. The van der Waals surface area contributed by atoms with Crippen LogP contribution in [0.15, 0.2) is 0 Å². The smallest absolute Gasteiger partial charge is 0.326 e. The van der Waals surface area contributed by atoms with Gasteiger partial charge in [-0.05, 0) is 58.8 Å². The van der Waals surface area contributed by atoms with Crippen molar-refractivity contribution in [2.24, 2.45) is 5.41 Å². The number of carboxylic acids is 1. The van der Waals surface area contributed by atoms with Crippen molar-refractivity contribution in [1.29, 1.82) is 0 Å². The van der Waals surface area contributed by atoms with E-state index in [1.165, 1.54) is 64.2 Å². The lowest BCUT2D eigenvalue weighted by Crippen LogP contribution is -2.52. The standard InChI is InChI=1S/C37H71N3O5/c1-8-11-12-13-14-15-16-17-18-19-20-21-22-26-33(42)39-31(35(44)45)27-28-32(41)38-29-24-23-25-30(40-37(6,7)10-3)34(43)36(4,5)9-2/h30-31,40H,8-29H2,1-7H3,(H,38,41)(H,39,42)(H,44,45). The fourth-order valence-electron chi connectivity index (χ4n) is 5.38. The van der Waals surface area contributed by atoms with Crippen LogP contribution in [0, 0.1) is 5.41 Å². The van der Waals surface area contributed by atoms with E-state index in [4.69, 9.17) is 0 Å². The van der Waals surface area contributed by atoms with Crippen LogP contribution in [0.1, 0.15) is 183 Å². The molecule has 0 spiro atoms. The molecule has 0 radical (unpaired) electrons. The summed E-state index contributed by atoms with van der Waals surface area (Å²) in [5.74, 6) is -1.38. The van der Waals surface area contributed by atoms with Crippen molar-refractivity contribution >= 4 is 23.6 Å². The van der Waals surface area contributed by atoms with Crippen molar-refractivity contribution in [3.8, 4) is 0 Å². The number of amides is 2. The Kier molecular flexibility index (Phi) is 24.1. The molecule has 0 heterocycles. The van der Waals surface area contributed by atoms with Crippen molar-refractivity contribution < 1.29 is 24.3 Å². The summed E-state index contributed by atoms with van der Waals surface area (Å²) in [6.45, 7) is 15.1. The molecule has 0 aromatic heterocycles. The summed E-state index contributed by atoms with van der Waals surface area (Å²) in [4.78, 5) is 49.6. The molecule has 0 bridgehead atoms. The molecule has 4 N–H and O–H groups in total. The number of ketones is 1. The summed E-state index contributed by atoms with van der Waals surface area (Å²) in [7, 11) is 0. The number of carbonyl (C=O) groups is 4. The average Bonchev–Trinajstić information content (AvgIpc) is 3.00. The van der Waals surface area contributed by atoms with E-state index in [2.05, 4.69) is 43.6 Å². The van der Waals surface area contributed by atoms with E-state index in [1.54, 1.807) is 0 Å². The highest BCUT2D eigenvalue weighted by Crippen LogP contribution is 2.26. The lowest BCUT2D eigenvalue weighted by Gasteiger charge is -2.34. The number of aliphatic carboxylic acids is 1. The molecule has 0 aromatic rings. The molecule has 0 aliphatic carbocycles. The molecule has 0 saturated heterocycles. The highest BCUT2D eigenvalue weighted by molar-refractivity contribution is 5.89. The fraction of sp³-hybridized carbons (Fsp3) is 0.892. The SMILES string of the molecule is CCCCCCCCCCCCCCCC(=O)NC(CCC(=O)NCCCCC(NC(C)(C)CC)C(=O)C(C)(C)CC)C(=O)O. The van der Waals surface area contributed by atoms with Gasteiger partial charge in [0.15, 0.2) is 5.78 Å². The van der Waals surface area contributed by atoms with Gasteiger partial charge in [-0.25, -0.2) is 4.79 Å². The Labute approximate surface area is 276 Å². The van der Waals surface area contributed by atoms with Gasteiger partial charge in [-0.15, -0.1) is 0 Å². The molecular formula is C37H71N3O5. The largest absolute Gasteiger partial charge is 0.480 e. The minimum Gasteiger partial charge on any atom is -0.480 e. The topological polar surface area (TPSA) is 125 Å². The fourth-order valence-corrected chi connectivity index (χ4v) is 5.38. The molecule has 2 atom stereocenters. The van der Waals surface area contributed by atoms with Gasteiger partial charge in [-0.2, -0.15) is 0 Å². The summed E-state index contributed by atoms with van der Waals surface area (Å²) in [5, 5.41) is 18.6. The van der Waals surface area contributed by atoms with Gasteiger partial charge < -0.3 is 21.1 Å². The molecule has 2 unspecified atom stereocenters. The number of hydrogen-bond acceptors (Lipinski definition) is 5. The zero-order valence-electron chi connectivity index (χ0n) is 30.3. The third-order valence-corrected chi connectivity index (χ3v) is 9.36. The Bertz CT molecular complexity index is 827. The maximum atomic E-state index is 13.2. The minimum absolute atomic E-state index is 0.0357. The molecular weight excluding hydrogens is 566 g/mol. The van der Waals surface area contributed by atoms with E-state index < -0.39 is 17.4 Å². The molecule has 0 aliphatic rings. The molecule has 8 heteroatoms. The van der Waals surface area contributed by atoms with Gasteiger partial charge in [0.2, 0.25) is 11.8 Å². The normalized spacial score (nSPS) is 13.3. The monoisotopic (exact) mass is 638 g/mol. The third kappa shape index (κ3) is 22.2. The van der Waals surface area contributed by atoms with E-state index in [9.17, 15) is 24.3 Å². The van der Waals surface area contributed by atoms with Gasteiger partial charge >= 0.3 is 5.97 Å². The van der Waals surface area contributed by atoms with Gasteiger partial charge in [-0.3, -0.25) is 14.4 Å². The molecule has 0 saturated carbocycles. The van der Waals surface area contributed by atoms with E-state index >= 15 is 0 Å². The molecule has 0 rings (SSSR count). The van der Waals surface area contributed by atoms with Gasteiger partial charge in [0.1, 0.15) is 6.04 Å². The average molecular weight is 638 g/mol. The number of rotatable bonds is 30. The van der Waals surface area contributed by atoms with Crippen LogP contribution >= 0.6 is 0 Å². The second-order valence-corrected chi connectivity index (χ2v) is 14.4. The van der Waals surface area contributed by atoms with Crippen LogP contribution in [-0.2, 0) is 19.2 Å². The molecule has 2 amide bonds. The van der Waals surface area contributed by atoms with Crippen LogP contribution in [0.25, 0.3) is 0 Å². The minimum atomic E-state index is -1.12. The highest BCUT2D eigenvalue weighted by Gasteiger charge is 2.34. The second kappa shape index (κ2) is 25.2. The van der Waals surface area contributed by atoms with Gasteiger partial charge in [0.05, 0.1) is 6.04 Å². The highest BCUT2D eigenvalue weighted by atomic mass is 16.4. The van der Waals surface area contributed by atoms with Crippen molar-refractivity contribution in [2.45, 2.75) is 201 Å². The Balaban J connectivity index is 4.22. The van der Waals surface area contributed by atoms with Crippen molar-refractivity contribution in [3.05, 3.63) is 0 Å². The number of carbonyl (C=O) groups excluding carboxylic acids is 3. The first-order chi connectivity index (χ1) is 21.3. The lowest BCUT2D eigenvalue weighted by molar-refractivity contribution is -0.142. The zero-order valence-corrected chi connectivity index (χ0v) is 30.3. The molecule has 45 heavy (non-hydrogen) atoms. The van der Waals surface area contributed by atoms with Gasteiger partial charge in [-0.1, -0.05) is 112 Å². The molecule has 8 nitrogen and oxygen atoms in total. The number of unbranched alkanes of at least 4 members (excludes halogenated alkanes) is 13. The molecule has 0 fully saturated rings. The Morgan fingerprint density at radius 3 is 1.62 bits per heavy atom. The van der Waals surface area contributed by atoms with Crippen LogP contribution in [0.5, 0.6) is 0 Å². The van der Waals surface area contributed by atoms with Crippen LogP contribution in [0.3, 0.4) is 0 Å². The van der Waals surface area contributed by atoms with Crippen molar-refractivity contribution in [1.82, 2.24) is 16.0 Å². The van der Waals surface area contributed by atoms with E-state index in [0.29, 0.717) is 19.4 Å². The van der Waals surface area contributed by atoms with E-state index in [-0.39, 0.29) is 42.0 Å². The molecule has 0 aromatic carbocycles. The van der Waals surface area contributed by atoms with Crippen LogP contribution in [-0.4, -0.2) is 52.8 Å². The maximum Gasteiger partial charge on any atom is 0.326 e. The van der Waals surface area contributed by atoms with Crippen molar-refractivity contribution in [3.63, 3.8) is 0 Å². The summed E-state index contributed by atoms with van der Waals surface area (Å²) in [5.41, 5.74) is -0.529. The number of Topliss-reactive ketones (excluding diaryl/α,β-unsaturated/α-hetero) is 1. The Hall–Kier alpha value is -1.96. The lowest BCUT2D eigenvalue weighted by atomic mass is 9.80. The summed E-state index contributed by atoms with van der Waals surface area (Å²) in [6, 6.07) is -1.29. The van der Waals surface area contributed by atoms with Gasteiger partial charge in [0.25, 0.3) is 0 Å². The maximum absolute atomic E-state index is 13.2. The second-order valence-electron chi connectivity index (χ2n) is 14.4. The summed E-state index contributed by atoms with van der Waals surface area (Å²) < 4.78 is 0. The number of carboxylic acid groups (broad SMARTS) is 1. The molecule has 264 valence electrons. The van der Waals surface area contributed by atoms with E-state index in [0.717, 1.165) is 44.9 Å².